The fourth-order valence-electron chi connectivity index (χ4n) is 1.24. The maximum Gasteiger partial charge on any atom is 0.336 e. The average molecular weight is 214 g/mol. The van der Waals surface area contributed by atoms with Gasteiger partial charge in [-0.1, -0.05) is 0 Å². The molecule has 5 N–H and O–H groups in total. The molecule has 0 unspecified atom stereocenters. The lowest BCUT2D eigenvalue weighted by atomic mass is 10.0. The summed E-state index contributed by atoms with van der Waals surface area (Å²) >= 11 is 0. The highest BCUT2D eigenvalue weighted by atomic mass is 16.4. The summed E-state index contributed by atoms with van der Waals surface area (Å²) in [6.07, 6.45) is -0.124. The quantitative estimate of drug-likeness (QED) is 0.453. The van der Waals surface area contributed by atoms with Gasteiger partial charge in [-0.2, -0.15) is 0 Å². The fraction of sp³-hybridized carbons (Fsp3) is 0.222. The van der Waals surface area contributed by atoms with Crippen molar-refractivity contribution >= 4 is 5.97 Å². The Morgan fingerprint density at radius 2 is 1.80 bits per heavy atom. The van der Waals surface area contributed by atoms with Crippen LogP contribution >= 0.6 is 0 Å². The number of rotatable bonds is 3. The number of phenolic OH excluding ortho intramolecular Hbond substituents is 3. The Morgan fingerprint density at radius 1 is 1.20 bits per heavy atom. The van der Waals surface area contributed by atoms with Crippen LogP contribution in [0.3, 0.4) is 0 Å². The Hall–Kier alpha value is -1.95. The van der Waals surface area contributed by atoms with Gasteiger partial charge in [0, 0.05) is 18.6 Å². The molecule has 0 aromatic heterocycles. The molecule has 0 radical (unpaired) electrons. The number of hydrogen-bond acceptors (Lipinski definition) is 5. The summed E-state index contributed by atoms with van der Waals surface area (Å²) in [5.41, 5.74) is -0.461. The third-order valence-corrected chi connectivity index (χ3v) is 1.95. The van der Waals surface area contributed by atoms with Crippen LogP contribution < -0.4 is 0 Å². The van der Waals surface area contributed by atoms with Crippen LogP contribution in [0.15, 0.2) is 6.07 Å². The van der Waals surface area contributed by atoms with Crippen molar-refractivity contribution in [3.8, 4) is 17.2 Å². The lowest BCUT2D eigenvalue weighted by Gasteiger charge is -2.10. The van der Waals surface area contributed by atoms with Crippen LogP contribution in [0.1, 0.15) is 15.9 Å². The van der Waals surface area contributed by atoms with E-state index in [-0.39, 0.29) is 24.2 Å². The smallest absolute Gasteiger partial charge is 0.336 e. The SMILES string of the molecule is O=C(O)c1cc(O)c(O)c(O)c1CCO. The van der Waals surface area contributed by atoms with Crippen LogP contribution in [0.25, 0.3) is 0 Å². The molecule has 6 nitrogen and oxygen atoms in total. The standard InChI is InChI=1S/C9H10O6/c10-2-1-4-5(9(14)15)3-6(11)8(13)7(4)12/h3,10-13H,1-2H2,(H,14,15). The minimum Gasteiger partial charge on any atom is -0.504 e. The third kappa shape index (κ3) is 1.94. The highest BCUT2D eigenvalue weighted by Crippen LogP contribution is 2.39. The summed E-state index contributed by atoms with van der Waals surface area (Å²) < 4.78 is 0. The van der Waals surface area contributed by atoms with E-state index < -0.39 is 23.2 Å². The molecule has 0 saturated heterocycles. The molecular weight excluding hydrogens is 204 g/mol. The molecule has 0 fully saturated rings. The van der Waals surface area contributed by atoms with Gasteiger partial charge in [-0.05, 0) is 6.07 Å². The molecule has 0 bridgehead atoms. The van der Waals surface area contributed by atoms with Crippen molar-refractivity contribution in [2.24, 2.45) is 0 Å². The predicted molar refractivity (Wildman–Crippen MR) is 49.2 cm³/mol. The molecule has 1 aromatic rings. The molecule has 0 aliphatic rings. The number of hydrogen-bond donors (Lipinski definition) is 5. The number of carbonyl (C=O) groups is 1. The van der Waals surface area contributed by atoms with E-state index in [2.05, 4.69) is 0 Å². The Balaban J connectivity index is 3.43. The van der Waals surface area contributed by atoms with Crippen molar-refractivity contribution < 1.29 is 30.3 Å². The lowest BCUT2D eigenvalue weighted by Crippen LogP contribution is -2.04. The average Bonchev–Trinajstić information content (AvgIpc) is 2.18. The number of aromatic carboxylic acids is 1. The zero-order valence-corrected chi connectivity index (χ0v) is 7.64. The first-order valence-electron chi connectivity index (χ1n) is 4.10. The van der Waals surface area contributed by atoms with E-state index in [9.17, 15) is 9.90 Å². The number of aliphatic hydroxyl groups excluding tert-OH is 1. The van der Waals surface area contributed by atoms with Gasteiger partial charge in [-0.15, -0.1) is 0 Å². The van der Waals surface area contributed by atoms with E-state index in [0.717, 1.165) is 6.07 Å². The Bertz CT molecular complexity index is 398. The molecule has 0 aliphatic carbocycles. The molecule has 1 rings (SSSR count). The first-order chi connectivity index (χ1) is 6.99. The molecule has 0 spiro atoms. The van der Waals surface area contributed by atoms with Gasteiger partial charge in [-0.3, -0.25) is 0 Å². The van der Waals surface area contributed by atoms with E-state index in [4.69, 9.17) is 20.4 Å². The summed E-state index contributed by atoms with van der Waals surface area (Å²) in [7, 11) is 0. The Morgan fingerprint density at radius 3 is 2.27 bits per heavy atom. The second-order valence-corrected chi connectivity index (χ2v) is 2.90. The van der Waals surface area contributed by atoms with Crippen LogP contribution in [-0.2, 0) is 6.42 Å². The van der Waals surface area contributed by atoms with Crippen molar-refractivity contribution in [3.05, 3.63) is 17.2 Å². The largest absolute Gasteiger partial charge is 0.504 e. The van der Waals surface area contributed by atoms with Crippen molar-refractivity contribution in [1.82, 2.24) is 0 Å². The highest BCUT2D eigenvalue weighted by molar-refractivity contribution is 5.91. The van der Waals surface area contributed by atoms with E-state index >= 15 is 0 Å². The van der Waals surface area contributed by atoms with Crippen LogP contribution in [-0.4, -0.2) is 38.1 Å². The summed E-state index contributed by atoms with van der Waals surface area (Å²) in [5, 5.41) is 45.0. The number of carboxylic acids is 1. The van der Waals surface area contributed by atoms with E-state index in [1.54, 1.807) is 0 Å². The zero-order chi connectivity index (χ0) is 11.6. The van der Waals surface area contributed by atoms with Gasteiger partial charge in [0.25, 0.3) is 0 Å². The normalized spacial score (nSPS) is 10.2. The molecule has 0 aliphatic heterocycles. The zero-order valence-electron chi connectivity index (χ0n) is 7.64. The van der Waals surface area contributed by atoms with Crippen LogP contribution in [0.2, 0.25) is 0 Å². The third-order valence-electron chi connectivity index (χ3n) is 1.95. The number of aliphatic hydroxyl groups is 1. The van der Waals surface area contributed by atoms with E-state index in [1.165, 1.54) is 0 Å². The van der Waals surface area contributed by atoms with Crippen molar-refractivity contribution in [3.63, 3.8) is 0 Å². The van der Waals surface area contributed by atoms with Gasteiger partial charge in [0.15, 0.2) is 11.5 Å². The minimum absolute atomic E-state index is 0.111. The second-order valence-electron chi connectivity index (χ2n) is 2.90. The first kappa shape index (κ1) is 11.1. The topological polar surface area (TPSA) is 118 Å². The Labute approximate surface area is 84.7 Å². The van der Waals surface area contributed by atoms with Gasteiger partial charge in [-0.25, -0.2) is 4.79 Å². The number of carboxylic acid groups (broad SMARTS) is 1. The minimum atomic E-state index is -1.36. The fourth-order valence-corrected chi connectivity index (χ4v) is 1.24. The van der Waals surface area contributed by atoms with Crippen molar-refractivity contribution in [1.29, 1.82) is 0 Å². The highest BCUT2D eigenvalue weighted by Gasteiger charge is 2.20. The van der Waals surface area contributed by atoms with Gasteiger partial charge in [0.05, 0.1) is 5.56 Å². The molecule has 0 heterocycles. The summed E-state index contributed by atoms with van der Waals surface area (Å²) in [6.45, 7) is -0.377. The monoisotopic (exact) mass is 214 g/mol. The predicted octanol–water partition coefficient (Wildman–Crippen LogP) is 0.0364. The summed E-state index contributed by atoms with van der Waals surface area (Å²) in [5.74, 6) is -3.58. The summed E-state index contributed by atoms with van der Waals surface area (Å²) in [4.78, 5) is 10.7. The number of benzene rings is 1. The molecule has 82 valence electrons. The van der Waals surface area contributed by atoms with Crippen molar-refractivity contribution in [2.45, 2.75) is 6.42 Å². The maximum atomic E-state index is 10.7. The summed E-state index contributed by atoms with van der Waals surface area (Å²) in [6, 6.07) is 0.822. The molecule has 6 heteroatoms. The molecule has 15 heavy (non-hydrogen) atoms. The van der Waals surface area contributed by atoms with Crippen molar-refractivity contribution in [2.75, 3.05) is 6.61 Å². The van der Waals surface area contributed by atoms with Gasteiger partial charge < -0.3 is 25.5 Å². The van der Waals surface area contributed by atoms with Gasteiger partial charge in [0.2, 0.25) is 5.75 Å². The van der Waals surface area contributed by atoms with Crippen LogP contribution in [0.5, 0.6) is 17.2 Å². The van der Waals surface area contributed by atoms with E-state index in [1.807, 2.05) is 0 Å². The van der Waals surface area contributed by atoms with Crippen LogP contribution in [0, 0.1) is 0 Å². The molecule has 1 aromatic carbocycles. The van der Waals surface area contributed by atoms with E-state index in [0.29, 0.717) is 0 Å². The second kappa shape index (κ2) is 4.05. The molecular formula is C9H10O6. The van der Waals surface area contributed by atoms with Gasteiger partial charge in [0.1, 0.15) is 0 Å². The van der Waals surface area contributed by atoms with Crippen LogP contribution in [0.4, 0.5) is 0 Å². The maximum absolute atomic E-state index is 10.7. The Kier molecular flexibility index (Phi) is 3.01. The molecule has 0 atom stereocenters. The van der Waals surface area contributed by atoms with Gasteiger partial charge >= 0.3 is 5.97 Å². The molecule has 0 amide bonds. The lowest BCUT2D eigenvalue weighted by molar-refractivity contribution is 0.0694. The number of phenols is 3. The first-order valence-corrected chi connectivity index (χ1v) is 4.10. The molecule has 0 saturated carbocycles. The number of aromatic hydroxyl groups is 3.